The summed E-state index contributed by atoms with van der Waals surface area (Å²) in [5, 5.41) is 6.58. The van der Waals surface area contributed by atoms with E-state index in [1.165, 1.54) is 11.1 Å². The molecule has 2 N–H and O–H groups in total. The molecule has 0 unspecified atom stereocenters. The van der Waals surface area contributed by atoms with Crippen LogP contribution in [0.4, 0.5) is 17.3 Å². The number of piperidine rings is 1. The van der Waals surface area contributed by atoms with Crippen LogP contribution in [0.25, 0.3) is 0 Å². The van der Waals surface area contributed by atoms with Crippen LogP contribution >= 0.6 is 0 Å². The van der Waals surface area contributed by atoms with Crippen LogP contribution < -0.4 is 10.6 Å². The van der Waals surface area contributed by atoms with Gasteiger partial charge < -0.3 is 15.5 Å². The standard InChI is InChI=1S/C25H29N5O/c1-2-19-7-3-4-8-22(19)28-18-25(31)30-15-11-20(12-16-30)21-10-14-27-24(17-21)29-23-9-5-6-13-26-23/h3-10,13-14,17,20,28H,2,11-12,15-16,18H2,1H3,(H,26,27,29). The number of pyridine rings is 2. The Morgan fingerprint density at radius 2 is 1.77 bits per heavy atom. The number of aryl methyl sites for hydroxylation is 1. The van der Waals surface area contributed by atoms with Crippen molar-refractivity contribution in [2.45, 2.75) is 32.1 Å². The summed E-state index contributed by atoms with van der Waals surface area (Å²) in [4.78, 5) is 23.4. The number of amides is 1. The van der Waals surface area contributed by atoms with Crippen molar-refractivity contribution in [2.75, 3.05) is 30.3 Å². The van der Waals surface area contributed by atoms with Crippen LogP contribution in [0.2, 0.25) is 0 Å². The highest BCUT2D eigenvalue weighted by Crippen LogP contribution is 2.29. The molecule has 31 heavy (non-hydrogen) atoms. The molecular formula is C25H29N5O. The number of nitrogens with zero attached hydrogens (tertiary/aromatic N) is 3. The van der Waals surface area contributed by atoms with Gasteiger partial charge in [-0.25, -0.2) is 9.97 Å². The van der Waals surface area contributed by atoms with Gasteiger partial charge in [-0.05, 0) is 66.6 Å². The van der Waals surface area contributed by atoms with Gasteiger partial charge in [0.2, 0.25) is 5.91 Å². The third-order valence-electron chi connectivity index (χ3n) is 5.85. The predicted molar refractivity (Wildman–Crippen MR) is 125 cm³/mol. The fourth-order valence-electron chi connectivity index (χ4n) is 4.08. The summed E-state index contributed by atoms with van der Waals surface area (Å²) in [6.45, 7) is 4.04. The minimum Gasteiger partial charge on any atom is -0.376 e. The second kappa shape index (κ2) is 10.1. The Hall–Kier alpha value is -3.41. The lowest BCUT2D eigenvalue weighted by molar-refractivity contribution is -0.130. The summed E-state index contributed by atoms with van der Waals surface area (Å²) in [7, 11) is 0. The van der Waals surface area contributed by atoms with Gasteiger partial charge in [-0.2, -0.15) is 0 Å². The van der Waals surface area contributed by atoms with Crippen LogP contribution in [0.1, 0.15) is 36.8 Å². The van der Waals surface area contributed by atoms with E-state index in [1.807, 2.05) is 47.5 Å². The van der Waals surface area contributed by atoms with Gasteiger partial charge in [0.15, 0.2) is 0 Å². The minimum atomic E-state index is 0.164. The van der Waals surface area contributed by atoms with Gasteiger partial charge in [0.25, 0.3) is 0 Å². The average molecular weight is 416 g/mol. The second-order valence-corrected chi connectivity index (χ2v) is 7.83. The number of anilines is 3. The summed E-state index contributed by atoms with van der Waals surface area (Å²) in [6.07, 6.45) is 6.47. The van der Waals surface area contributed by atoms with E-state index in [1.54, 1.807) is 6.20 Å². The molecule has 4 rings (SSSR count). The molecule has 6 heteroatoms. The summed E-state index contributed by atoms with van der Waals surface area (Å²) >= 11 is 0. The molecule has 1 aliphatic rings. The van der Waals surface area contributed by atoms with Gasteiger partial charge >= 0.3 is 0 Å². The Morgan fingerprint density at radius 3 is 2.55 bits per heavy atom. The lowest BCUT2D eigenvalue weighted by Gasteiger charge is -2.32. The Morgan fingerprint density at radius 1 is 1.00 bits per heavy atom. The zero-order chi connectivity index (χ0) is 21.5. The summed E-state index contributed by atoms with van der Waals surface area (Å²) in [5.74, 6) is 2.18. The number of aromatic nitrogens is 2. The molecule has 0 radical (unpaired) electrons. The number of para-hydroxylation sites is 1. The molecular weight excluding hydrogens is 386 g/mol. The largest absolute Gasteiger partial charge is 0.376 e. The third-order valence-corrected chi connectivity index (χ3v) is 5.85. The molecule has 0 atom stereocenters. The normalized spacial score (nSPS) is 14.3. The van der Waals surface area contributed by atoms with Crippen LogP contribution in [-0.4, -0.2) is 40.4 Å². The molecule has 1 aromatic carbocycles. The van der Waals surface area contributed by atoms with E-state index in [-0.39, 0.29) is 5.91 Å². The molecule has 1 aliphatic heterocycles. The maximum atomic E-state index is 12.7. The smallest absolute Gasteiger partial charge is 0.241 e. The fourth-order valence-corrected chi connectivity index (χ4v) is 4.08. The fraction of sp³-hybridized carbons (Fsp3) is 0.320. The van der Waals surface area contributed by atoms with Crippen LogP contribution in [0.15, 0.2) is 67.0 Å². The summed E-state index contributed by atoms with van der Waals surface area (Å²) < 4.78 is 0. The van der Waals surface area contributed by atoms with Crippen LogP contribution in [0.3, 0.4) is 0 Å². The van der Waals surface area contributed by atoms with Crippen molar-refractivity contribution in [1.82, 2.24) is 14.9 Å². The SMILES string of the molecule is CCc1ccccc1NCC(=O)N1CCC(c2ccnc(Nc3ccccn3)c2)CC1. The first-order chi connectivity index (χ1) is 15.2. The molecule has 0 saturated carbocycles. The Labute approximate surface area is 183 Å². The van der Waals surface area contributed by atoms with E-state index in [2.05, 4.69) is 45.7 Å². The maximum absolute atomic E-state index is 12.7. The lowest BCUT2D eigenvalue weighted by Crippen LogP contribution is -2.41. The first kappa shape index (κ1) is 20.8. The zero-order valence-corrected chi connectivity index (χ0v) is 17.9. The van der Waals surface area contributed by atoms with Crippen LogP contribution in [0, 0.1) is 0 Å². The van der Waals surface area contributed by atoms with E-state index in [9.17, 15) is 4.79 Å². The minimum absolute atomic E-state index is 0.164. The first-order valence-corrected chi connectivity index (χ1v) is 11.0. The summed E-state index contributed by atoms with van der Waals surface area (Å²) in [5.41, 5.74) is 3.55. The number of hydrogen-bond acceptors (Lipinski definition) is 5. The molecule has 1 amide bonds. The van der Waals surface area contributed by atoms with Crippen molar-refractivity contribution in [1.29, 1.82) is 0 Å². The number of carbonyl (C=O) groups excluding carboxylic acids is 1. The molecule has 2 aromatic heterocycles. The number of benzene rings is 1. The van der Waals surface area contributed by atoms with Crippen molar-refractivity contribution >= 4 is 23.2 Å². The molecule has 1 saturated heterocycles. The maximum Gasteiger partial charge on any atom is 0.241 e. The monoisotopic (exact) mass is 415 g/mol. The van der Waals surface area contributed by atoms with Crippen molar-refractivity contribution in [2.24, 2.45) is 0 Å². The predicted octanol–water partition coefficient (Wildman–Crippen LogP) is 4.60. The Balaban J connectivity index is 1.30. The van der Waals surface area contributed by atoms with E-state index in [0.717, 1.165) is 49.7 Å². The van der Waals surface area contributed by atoms with E-state index >= 15 is 0 Å². The van der Waals surface area contributed by atoms with Gasteiger partial charge in [-0.15, -0.1) is 0 Å². The van der Waals surface area contributed by atoms with Gasteiger partial charge in [-0.3, -0.25) is 4.79 Å². The van der Waals surface area contributed by atoms with Gasteiger partial charge in [0.05, 0.1) is 6.54 Å². The van der Waals surface area contributed by atoms with Gasteiger partial charge in [0, 0.05) is 31.2 Å². The zero-order valence-electron chi connectivity index (χ0n) is 17.9. The molecule has 3 heterocycles. The number of carbonyl (C=O) groups is 1. The third kappa shape index (κ3) is 5.40. The quantitative estimate of drug-likeness (QED) is 0.590. The number of rotatable bonds is 7. The topological polar surface area (TPSA) is 70.2 Å². The van der Waals surface area contributed by atoms with Crippen molar-refractivity contribution in [3.8, 4) is 0 Å². The van der Waals surface area contributed by atoms with Crippen LogP contribution in [-0.2, 0) is 11.2 Å². The Kier molecular flexibility index (Phi) is 6.77. The number of likely N-dealkylation sites (tertiary alicyclic amines) is 1. The van der Waals surface area contributed by atoms with Crippen molar-refractivity contribution in [3.05, 3.63) is 78.1 Å². The molecule has 160 valence electrons. The van der Waals surface area contributed by atoms with E-state index in [0.29, 0.717) is 12.5 Å². The number of nitrogens with one attached hydrogen (secondary N) is 2. The molecule has 0 bridgehead atoms. The van der Waals surface area contributed by atoms with Crippen LogP contribution in [0.5, 0.6) is 0 Å². The highest BCUT2D eigenvalue weighted by molar-refractivity contribution is 5.81. The molecule has 1 fully saturated rings. The van der Waals surface area contributed by atoms with E-state index < -0.39 is 0 Å². The summed E-state index contributed by atoms with van der Waals surface area (Å²) in [6, 6.07) is 18.1. The van der Waals surface area contributed by atoms with Crippen molar-refractivity contribution < 1.29 is 4.79 Å². The second-order valence-electron chi connectivity index (χ2n) is 7.83. The highest BCUT2D eigenvalue weighted by atomic mass is 16.2. The Bertz CT molecular complexity index is 1000. The molecule has 3 aromatic rings. The van der Waals surface area contributed by atoms with Gasteiger partial charge in [-0.1, -0.05) is 31.2 Å². The highest BCUT2D eigenvalue weighted by Gasteiger charge is 2.24. The first-order valence-electron chi connectivity index (χ1n) is 11.0. The number of hydrogen-bond donors (Lipinski definition) is 2. The average Bonchev–Trinajstić information content (AvgIpc) is 2.83. The molecule has 6 nitrogen and oxygen atoms in total. The van der Waals surface area contributed by atoms with Gasteiger partial charge in [0.1, 0.15) is 11.6 Å². The van der Waals surface area contributed by atoms with Crippen molar-refractivity contribution in [3.63, 3.8) is 0 Å². The molecule has 0 spiro atoms. The van der Waals surface area contributed by atoms with E-state index in [4.69, 9.17) is 0 Å². The molecule has 0 aliphatic carbocycles. The lowest BCUT2D eigenvalue weighted by atomic mass is 9.90.